The minimum atomic E-state index is -1.01. The first-order valence-corrected chi connectivity index (χ1v) is 3.82. The van der Waals surface area contributed by atoms with Gasteiger partial charge in [-0.05, 0) is 19.1 Å². The fourth-order valence-corrected chi connectivity index (χ4v) is 1.68. The Labute approximate surface area is 66.5 Å². The van der Waals surface area contributed by atoms with Crippen molar-refractivity contribution in [3.8, 4) is 0 Å². The summed E-state index contributed by atoms with van der Waals surface area (Å²) in [5.41, 5.74) is 0.669. The predicted octanol–water partition coefficient (Wildman–Crippen LogP) is 2.11. The Bertz CT molecular complexity index is 312. The second-order valence-electron chi connectivity index (χ2n) is 1.76. The summed E-state index contributed by atoms with van der Waals surface area (Å²) in [6.45, 7) is 1.71. The number of carbonyl (C=O) groups is 1. The Morgan fingerprint density at radius 1 is 1.90 bits per heavy atom. The average Bonchev–Trinajstić information content (AvgIpc) is 2.11. The molecule has 0 radical (unpaired) electrons. The SMILES string of the molecule is Cc1csc(=S)n1C(=O)O. The van der Waals surface area contributed by atoms with Crippen LogP contribution in [0.3, 0.4) is 0 Å². The predicted molar refractivity (Wildman–Crippen MR) is 41.3 cm³/mol. The van der Waals surface area contributed by atoms with Crippen molar-refractivity contribution in [3.05, 3.63) is 15.0 Å². The van der Waals surface area contributed by atoms with E-state index in [0.717, 1.165) is 4.57 Å². The van der Waals surface area contributed by atoms with Crippen LogP contribution in [0.25, 0.3) is 0 Å². The van der Waals surface area contributed by atoms with E-state index in [-0.39, 0.29) is 0 Å². The lowest BCUT2D eigenvalue weighted by Gasteiger charge is -1.93. The smallest absolute Gasteiger partial charge is 0.417 e. The van der Waals surface area contributed by atoms with Gasteiger partial charge in [-0.15, -0.1) is 11.3 Å². The first-order chi connectivity index (χ1) is 4.63. The van der Waals surface area contributed by atoms with E-state index in [1.165, 1.54) is 11.3 Å². The molecule has 0 spiro atoms. The summed E-state index contributed by atoms with van der Waals surface area (Å²) in [5.74, 6) is 0. The molecule has 0 unspecified atom stereocenters. The van der Waals surface area contributed by atoms with E-state index in [9.17, 15) is 4.79 Å². The number of hydrogen-bond donors (Lipinski definition) is 1. The fourth-order valence-electron chi connectivity index (χ4n) is 0.614. The summed E-state index contributed by atoms with van der Waals surface area (Å²) < 4.78 is 1.46. The summed E-state index contributed by atoms with van der Waals surface area (Å²) in [6.07, 6.45) is -1.01. The monoisotopic (exact) mass is 175 g/mol. The average molecular weight is 175 g/mol. The first kappa shape index (κ1) is 7.43. The molecule has 1 aromatic heterocycles. The van der Waals surface area contributed by atoms with Crippen molar-refractivity contribution in [1.82, 2.24) is 4.57 Å². The van der Waals surface area contributed by atoms with Gasteiger partial charge in [-0.1, -0.05) is 0 Å². The van der Waals surface area contributed by atoms with E-state index in [1.807, 2.05) is 0 Å². The molecular formula is C5H5NO2S2. The summed E-state index contributed by atoms with van der Waals surface area (Å²) in [5, 5.41) is 10.3. The minimum absolute atomic E-state index is 0.380. The molecule has 0 amide bonds. The van der Waals surface area contributed by atoms with E-state index in [2.05, 4.69) is 0 Å². The molecule has 0 aliphatic heterocycles. The zero-order chi connectivity index (χ0) is 7.72. The van der Waals surface area contributed by atoms with Crippen molar-refractivity contribution in [2.45, 2.75) is 6.92 Å². The molecule has 5 heteroatoms. The number of aromatic nitrogens is 1. The van der Waals surface area contributed by atoms with Gasteiger partial charge in [0.2, 0.25) is 0 Å². The molecule has 0 bridgehead atoms. The molecule has 54 valence electrons. The number of hydrogen-bond acceptors (Lipinski definition) is 3. The van der Waals surface area contributed by atoms with Gasteiger partial charge in [-0.3, -0.25) is 0 Å². The maximum absolute atomic E-state index is 10.4. The van der Waals surface area contributed by atoms with Crippen LogP contribution in [0.2, 0.25) is 0 Å². The second-order valence-corrected chi connectivity index (χ2v) is 3.26. The van der Waals surface area contributed by atoms with Crippen molar-refractivity contribution in [2.24, 2.45) is 0 Å². The van der Waals surface area contributed by atoms with Crippen LogP contribution in [0.15, 0.2) is 5.38 Å². The standard InChI is InChI=1S/C5H5NO2S2/c1-3-2-10-5(9)6(3)4(7)8/h2H,1H3,(H,7,8). The molecule has 10 heavy (non-hydrogen) atoms. The molecule has 1 heterocycles. The van der Waals surface area contributed by atoms with Gasteiger partial charge in [0, 0.05) is 11.1 Å². The van der Waals surface area contributed by atoms with E-state index in [4.69, 9.17) is 17.3 Å². The molecule has 0 saturated heterocycles. The third-order valence-corrected chi connectivity index (χ3v) is 2.37. The van der Waals surface area contributed by atoms with Crippen LogP contribution in [0, 0.1) is 10.9 Å². The van der Waals surface area contributed by atoms with Crippen LogP contribution < -0.4 is 0 Å². The zero-order valence-electron chi connectivity index (χ0n) is 5.20. The molecule has 0 atom stereocenters. The molecular weight excluding hydrogens is 170 g/mol. The molecule has 0 saturated carbocycles. The Kier molecular flexibility index (Phi) is 1.87. The molecule has 0 aliphatic rings. The topological polar surface area (TPSA) is 42.2 Å². The summed E-state index contributed by atoms with van der Waals surface area (Å²) >= 11 is 6.01. The number of aryl methyl sites for hydroxylation is 1. The van der Waals surface area contributed by atoms with Crippen LogP contribution in [0.1, 0.15) is 5.69 Å². The molecule has 3 nitrogen and oxygen atoms in total. The largest absolute Gasteiger partial charge is 0.464 e. The molecule has 0 aromatic carbocycles. The maximum Gasteiger partial charge on any atom is 0.417 e. The first-order valence-electron chi connectivity index (χ1n) is 2.53. The van der Waals surface area contributed by atoms with Crippen LogP contribution in [0.4, 0.5) is 4.79 Å². The number of nitrogens with zero attached hydrogens (tertiary/aromatic N) is 1. The van der Waals surface area contributed by atoms with Crippen molar-refractivity contribution < 1.29 is 9.90 Å². The summed E-state index contributed by atoms with van der Waals surface area (Å²) in [6, 6.07) is 0. The molecule has 1 aromatic rings. The third-order valence-electron chi connectivity index (χ3n) is 1.06. The molecule has 0 fully saturated rings. The van der Waals surface area contributed by atoms with E-state index < -0.39 is 6.09 Å². The highest BCUT2D eigenvalue weighted by Crippen LogP contribution is 2.08. The van der Waals surface area contributed by atoms with E-state index >= 15 is 0 Å². The Morgan fingerprint density at radius 3 is 2.70 bits per heavy atom. The number of thiazole rings is 1. The van der Waals surface area contributed by atoms with E-state index in [1.54, 1.807) is 12.3 Å². The van der Waals surface area contributed by atoms with Gasteiger partial charge >= 0.3 is 6.09 Å². The van der Waals surface area contributed by atoms with E-state index in [0.29, 0.717) is 9.65 Å². The van der Waals surface area contributed by atoms with Crippen molar-refractivity contribution >= 4 is 29.6 Å². The molecule has 1 N–H and O–H groups in total. The van der Waals surface area contributed by atoms with Gasteiger partial charge in [0.1, 0.15) is 0 Å². The van der Waals surface area contributed by atoms with Crippen molar-refractivity contribution in [3.63, 3.8) is 0 Å². The highest BCUT2D eigenvalue weighted by Gasteiger charge is 2.05. The highest BCUT2D eigenvalue weighted by atomic mass is 32.1. The normalized spacial score (nSPS) is 9.70. The lowest BCUT2D eigenvalue weighted by Crippen LogP contribution is -2.08. The Balaban J connectivity index is 3.37. The fraction of sp³-hybridized carbons (Fsp3) is 0.200. The van der Waals surface area contributed by atoms with Crippen molar-refractivity contribution in [1.29, 1.82) is 0 Å². The van der Waals surface area contributed by atoms with Crippen LogP contribution in [-0.4, -0.2) is 15.8 Å². The lowest BCUT2D eigenvalue weighted by atomic mass is 10.6. The Hall–Kier alpha value is -0.680. The van der Waals surface area contributed by atoms with Crippen LogP contribution in [0.5, 0.6) is 0 Å². The summed E-state index contributed by atoms with van der Waals surface area (Å²) in [7, 11) is 0. The maximum atomic E-state index is 10.4. The van der Waals surface area contributed by atoms with Gasteiger partial charge < -0.3 is 5.11 Å². The Morgan fingerprint density at radius 2 is 2.50 bits per heavy atom. The van der Waals surface area contributed by atoms with Gasteiger partial charge in [0.25, 0.3) is 0 Å². The molecule has 1 rings (SSSR count). The van der Waals surface area contributed by atoms with Gasteiger partial charge in [-0.25, -0.2) is 9.36 Å². The van der Waals surface area contributed by atoms with Crippen LogP contribution in [-0.2, 0) is 0 Å². The van der Waals surface area contributed by atoms with Crippen LogP contribution >= 0.6 is 23.6 Å². The van der Waals surface area contributed by atoms with Gasteiger partial charge in [-0.2, -0.15) is 0 Å². The third kappa shape index (κ3) is 1.10. The number of carboxylic acid groups (broad SMARTS) is 1. The second kappa shape index (κ2) is 2.51. The lowest BCUT2D eigenvalue weighted by molar-refractivity contribution is 0.195. The number of rotatable bonds is 0. The minimum Gasteiger partial charge on any atom is -0.464 e. The zero-order valence-corrected chi connectivity index (χ0v) is 6.83. The summed E-state index contributed by atoms with van der Waals surface area (Å²) in [4.78, 5) is 10.4. The van der Waals surface area contributed by atoms with Gasteiger partial charge in [0.15, 0.2) is 3.95 Å². The quantitative estimate of drug-likeness (QED) is 0.614. The highest BCUT2D eigenvalue weighted by molar-refractivity contribution is 7.73. The molecule has 0 aliphatic carbocycles. The van der Waals surface area contributed by atoms with Gasteiger partial charge in [0.05, 0.1) is 0 Å². The van der Waals surface area contributed by atoms with Crippen molar-refractivity contribution in [2.75, 3.05) is 0 Å².